The van der Waals surface area contributed by atoms with Crippen molar-refractivity contribution in [2.45, 2.75) is 6.54 Å². The van der Waals surface area contributed by atoms with Gasteiger partial charge < -0.3 is 5.32 Å². The molecule has 0 radical (unpaired) electrons. The smallest absolute Gasteiger partial charge is 0.270 e. The van der Waals surface area contributed by atoms with Crippen molar-refractivity contribution in [1.82, 2.24) is 0 Å². The van der Waals surface area contributed by atoms with Crippen LogP contribution in [0.2, 0.25) is 5.02 Å². The molecule has 0 aliphatic carbocycles. The Kier molecular flexibility index (Phi) is 4.18. The number of rotatable bonds is 4. The summed E-state index contributed by atoms with van der Waals surface area (Å²) in [5.74, 6) is 0. The number of nitriles is 1. The van der Waals surface area contributed by atoms with Gasteiger partial charge in [0, 0.05) is 18.7 Å². The number of nitro benzene ring substituents is 1. The number of halogens is 1. The summed E-state index contributed by atoms with van der Waals surface area (Å²) in [7, 11) is 0. The van der Waals surface area contributed by atoms with E-state index in [1.54, 1.807) is 24.3 Å². The molecule has 0 unspecified atom stereocenters. The van der Waals surface area contributed by atoms with E-state index < -0.39 is 4.92 Å². The maximum atomic E-state index is 10.6. The number of nitrogens with zero attached hydrogens (tertiary/aromatic N) is 2. The summed E-state index contributed by atoms with van der Waals surface area (Å²) in [6.07, 6.45) is 0. The number of anilines is 1. The maximum Gasteiger partial charge on any atom is 0.270 e. The second kappa shape index (κ2) is 6.04. The Morgan fingerprint density at radius 1 is 1.30 bits per heavy atom. The predicted octanol–water partition coefficient (Wildman–Crippen LogP) is 3.73. The second-order valence-electron chi connectivity index (χ2n) is 4.04. The molecule has 0 bridgehead atoms. The van der Waals surface area contributed by atoms with Gasteiger partial charge in [-0.05, 0) is 23.8 Å². The number of benzene rings is 2. The Morgan fingerprint density at radius 2 is 2.05 bits per heavy atom. The molecule has 0 heterocycles. The first-order valence-corrected chi connectivity index (χ1v) is 6.15. The standard InChI is InChI=1S/C14H10ClN3O2/c15-13-7-12(18(19)20)6-5-11(13)9-17-14-4-2-1-3-10(14)8-16/h1-7,17H,9H2. The van der Waals surface area contributed by atoms with Crippen molar-refractivity contribution in [3.8, 4) is 6.07 Å². The quantitative estimate of drug-likeness (QED) is 0.686. The number of para-hydroxylation sites is 1. The Balaban J connectivity index is 2.16. The lowest BCUT2D eigenvalue weighted by molar-refractivity contribution is -0.384. The van der Waals surface area contributed by atoms with Crippen LogP contribution < -0.4 is 5.32 Å². The molecule has 0 spiro atoms. The first-order chi connectivity index (χ1) is 9.61. The number of hydrogen-bond donors (Lipinski definition) is 1. The summed E-state index contributed by atoms with van der Waals surface area (Å²) in [5, 5.41) is 23.0. The third-order valence-electron chi connectivity index (χ3n) is 2.76. The van der Waals surface area contributed by atoms with Gasteiger partial charge in [-0.25, -0.2) is 0 Å². The zero-order valence-corrected chi connectivity index (χ0v) is 11.1. The molecule has 2 aromatic carbocycles. The van der Waals surface area contributed by atoms with Gasteiger partial charge in [-0.3, -0.25) is 10.1 Å². The molecule has 0 aromatic heterocycles. The van der Waals surface area contributed by atoms with Crippen LogP contribution in [0.4, 0.5) is 11.4 Å². The van der Waals surface area contributed by atoms with Crippen LogP contribution in [-0.2, 0) is 6.54 Å². The third-order valence-corrected chi connectivity index (χ3v) is 3.12. The second-order valence-corrected chi connectivity index (χ2v) is 4.45. The van der Waals surface area contributed by atoms with Crippen LogP contribution in [0.3, 0.4) is 0 Å². The molecule has 1 N–H and O–H groups in total. The van der Waals surface area contributed by atoms with Gasteiger partial charge in [-0.1, -0.05) is 23.7 Å². The average molecular weight is 288 g/mol. The molecule has 0 saturated heterocycles. The Bertz CT molecular complexity index is 695. The summed E-state index contributed by atoms with van der Waals surface area (Å²) < 4.78 is 0. The first-order valence-electron chi connectivity index (χ1n) is 5.77. The maximum absolute atomic E-state index is 10.6. The topological polar surface area (TPSA) is 79.0 Å². The lowest BCUT2D eigenvalue weighted by Gasteiger charge is -2.09. The predicted molar refractivity (Wildman–Crippen MR) is 76.6 cm³/mol. The minimum atomic E-state index is -0.492. The van der Waals surface area contributed by atoms with Crippen LogP contribution in [0.15, 0.2) is 42.5 Å². The van der Waals surface area contributed by atoms with E-state index in [0.717, 1.165) is 5.56 Å². The van der Waals surface area contributed by atoms with Gasteiger partial charge in [0.05, 0.1) is 21.2 Å². The number of non-ortho nitro benzene ring substituents is 1. The van der Waals surface area contributed by atoms with Crippen molar-refractivity contribution in [2.75, 3.05) is 5.32 Å². The lowest BCUT2D eigenvalue weighted by Crippen LogP contribution is -2.02. The molecule has 0 saturated carbocycles. The van der Waals surface area contributed by atoms with E-state index in [1.807, 2.05) is 6.07 Å². The van der Waals surface area contributed by atoms with E-state index in [1.165, 1.54) is 12.1 Å². The molecule has 2 rings (SSSR count). The molecule has 100 valence electrons. The van der Waals surface area contributed by atoms with Crippen molar-refractivity contribution < 1.29 is 4.92 Å². The molecule has 6 heteroatoms. The molecule has 5 nitrogen and oxygen atoms in total. The highest BCUT2D eigenvalue weighted by Gasteiger charge is 2.09. The van der Waals surface area contributed by atoms with E-state index in [4.69, 9.17) is 16.9 Å². The highest BCUT2D eigenvalue weighted by molar-refractivity contribution is 6.31. The fourth-order valence-electron chi connectivity index (χ4n) is 1.72. The van der Waals surface area contributed by atoms with Crippen molar-refractivity contribution >= 4 is 23.0 Å². The van der Waals surface area contributed by atoms with E-state index >= 15 is 0 Å². The molecule has 0 fully saturated rings. The van der Waals surface area contributed by atoms with Gasteiger partial charge >= 0.3 is 0 Å². The van der Waals surface area contributed by atoms with Crippen molar-refractivity contribution in [3.05, 3.63) is 68.7 Å². The van der Waals surface area contributed by atoms with Gasteiger partial charge in [0.1, 0.15) is 6.07 Å². The Labute approximate surface area is 120 Å². The molecule has 0 aliphatic heterocycles. The largest absolute Gasteiger partial charge is 0.380 e. The normalized spacial score (nSPS) is 9.80. The zero-order valence-electron chi connectivity index (χ0n) is 10.3. The van der Waals surface area contributed by atoms with Gasteiger partial charge in [0.25, 0.3) is 5.69 Å². The van der Waals surface area contributed by atoms with Crippen molar-refractivity contribution in [3.63, 3.8) is 0 Å². The summed E-state index contributed by atoms with van der Waals surface area (Å²) in [6, 6.07) is 13.5. The fourth-order valence-corrected chi connectivity index (χ4v) is 1.96. The molecule has 20 heavy (non-hydrogen) atoms. The summed E-state index contributed by atoms with van der Waals surface area (Å²) in [6.45, 7) is 0.384. The lowest BCUT2D eigenvalue weighted by atomic mass is 10.1. The van der Waals surface area contributed by atoms with Gasteiger partial charge in [-0.2, -0.15) is 5.26 Å². The van der Waals surface area contributed by atoms with Crippen LogP contribution in [0.1, 0.15) is 11.1 Å². The Morgan fingerprint density at radius 3 is 2.70 bits per heavy atom. The van der Waals surface area contributed by atoms with Crippen LogP contribution in [0.25, 0.3) is 0 Å². The molecule has 0 aliphatic rings. The molecule has 0 amide bonds. The van der Waals surface area contributed by atoms with E-state index in [0.29, 0.717) is 22.8 Å². The van der Waals surface area contributed by atoms with Crippen LogP contribution >= 0.6 is 11.6 Å². The monoisotopic (exact) mass is 287 g/mol. The summed E-state index contributed by atoms with van der Waals surface area (Å²) >= 11 is 6.00. The molecule has 0 atom stereocenters. The van der Waals surface area contributed by atoms with Gasteiger partial charge in [0.2, 0.25) is 0 Å². The van der Waals surface area contributed by atoms with Crippen LogP contribution in [-0.4, -0.2) is 4.92 Å². The van der Waals surface area contributed by atoms with Gasteiger partial charge in [-0.15, -0.1) is 0 Å². The highest BCUT2D eigenvalue weighted by atomic mass is 35.5. The fraction of sp³-hybridized carbons (Fsp3) is 0.0714. The number of nitrogens with one attached hydrogen (secondary N) is 1. The highest BCUT2D eigenvalue weighted by Crippen LogP contribution is 2.24. The van der Waals surface area contributed by atoms with Crippen molar-refractivity contribution in [1.29, 1.82) is 5.26 Å². The molecular formula is C14H10ClN3O2. The first kappa shape index (κ1) is 13.8. The minimum absolute atomic E-state index is 0.0452. The Hall–Kier alpha value is -2.58. The van der Waals surface area contributed by atoms with Crippen LogP contribution in [0.5, 0.6) is 0 Å². The average Bonchev–Trinajstić information content (AvgIpc) is 2.46. The summed E-state index contributed by atoms with van der Waals surface area (Å²) in [5.41, 5.74) is 1.91. The van der Waals surface area contributed by atoms with Crippen molar-refractivity contribution in [2.24, 2.45) is 0 Å². The van der Waals surface area contributed by atoms with Gasteiger partial charge in [0.15, 0.2) is 0 Å². The van der Waals surface area contributed by atoms with E-state index in [-0.39, 0.29) is 5.69 Å². The SMILES string of the molecule is N#Cc1ccccc1NCc1ccc([N+](=O)[O-])cc1Cl. The third kappa shape index (κ3) is 3.05. The molecular weight excluding hydrogens is 278 g/mol. The summed E-state index contributed by atoms with van der Waals surface area (Å²) in [4.78, 5) is 10.1. The van der Waals surface area contributed by atoms with E-state index in [2.05, 4.69) is 11.4 Å². The number of nitro groups is 1. The van der Waals surface area contributed by atoms with E-state index in [9.17, 15) is 10.1 Å². The van der Waals surface area contributed by atoms with Crippen LogP contribution in [0, 0.1) is 21.4 Å². The minimum Gasteiger partial charge on any atom is -0.380 e. The number of hydrogen-bond acceptors (Lipinski definition) is 4. The molecule has 2 aromatic rings. The zero-order chi connectivity index (χ0) is 14.5.